The van der Waals surface area contributed by atoms with E-state index in [1.165, 1.54) is 5.56 Å². The van der Waals surface area contributed by atoms with Crippen LogP contribution in [-0.4, -0.2) is 33.4 Å². The molecule has 2 aromatic rings. The molecule has 1 aliphatic carbocycles. The van der Waals surface area contributed by atoms with E-state index in [9.17, 15) is 14.7 Å². The van der Waals surface area contributed by atoms with Crippen molar-refractivity contribution >= 4 is 11.9 Å². The fraction of sp³-hybridized carbons (Fsp3) is 0.350. The lowest BCUT2D eigenvalue weighted by atomic mass is 9.88. The van der Waals surface area contributed by atoms with Crippen molar-refractivity contribution in [1.82, 2.24) is 9.88 Å². The summed E-state index contributed by atoms with van der Waals surface area (Å²) in [7, 11) is 0. The van der Waals surface area contributed by atoms with E-state index in [0.29, 0.717) is 19.4 Å². The van der Waals surface area contributed by atoms with Crippen LogP contribution in [0.5, 0.6) is 0 Å². The second-order valence-electron chi connectivity index (χ2n) is 6.99. The Morgan fingerprint density at radius 1 is 1.20 bits per heavy atom. The number of hydrogen-bond acceptors (Lipinski definition) is 3. The number of benzene rings is 1. The Hall–Kier alpha value is -2.69. The van der Waals surface area contributed by atoms with Gasteiger partial charge in [-0.05, 0) is 42.0 Å². The van der Waals surface area contributed by atoms with Crippen molar-refractivity contribution in [2.24, 2.45) is 5.41 Å². The maximum atomic E-state index is 13.0. The fourth-order valence-corrected chi connectivity index (χ4v) is 3.74. The van der Waals surface area contributed by atoms with Gasteiger partial charge < -0.3 is 10.0 Å². The van der Waals surface area contributed by atoms with Gasteiger partial charge in [0.25, 0.3) is 0 Å². The standard InChI is InChI=1S/C20H20N2O3/c23-17(12-20(8-9-20)19(24)25)22-11-7-14-4-1-2-6-16(14)18(22)15-5-3-10-21-13-15/h1-6,10,13,18H,7-9,11-12H2,(H,24,25). The summed E-state index contributed by atoms with van der Waals surface area (Å²) in [6.07, 6.45) is 5.57. The maximum absolute atomic E-state index is 13.0. The van der Waals surface area contributed by atoms with Gasteiger partial charge >= 0.3 is 5.97 Å². The fourth-order valence-electron chi connectivity index (χ4n) is 3.74. The van der Waals surface area contributed by atoms with Crippen molar-refractivity contribution in [3.63, 3.8) is 0 Å². The normalized spacial score (nSPS) is 20.6. The first kappa shape index (κ1) is 15.8. The van der Waals surface area contributed by atoms with Crippen molar-refractivity contribution < 1.29 is 14.7 Å². The zero-order valence-corrected chi connectivity index (χ0v) is 13.9. The molecule has 2 heterocycles. The number of rotatable bonds is 4. The monoisotopic (exact) mass is 336 g/mol. The predicted molar refractivity (Wildman–Crippen MR) is 91.9 cm³/mol. The summed E-state index contributed by atoms with van der Waals surface area (Å²) in [5.74, 6) is -0.931. The van der Waals surface area contributed by atoms with Gasteiger partial charge in [0, 0.05) is 25.4 Å². The minimum atomic E-state index is -0.851. The summed E-state index contributed by atoms with van der Waals surface area (Å²) in [5.41, 5.74) is 2.46. The topological polar surface area (TPSA) is 70.5 Å². The molecule has 1 saturated carbocycles. The molecule has 5 nitrogen and oxygen atoms in total. The van der Waals surface area contributed by atoms with Gasteiger partial charge in [0.05, 0.1) is 11.5 Å². The van der Waals surface area contributed by atoms with Gasteiger partial charge in [-0.2, -0.15) is 0 Å². The Kier molecular flexibility index (Phi) is 3.79. The van der Waals surface area contributed by atoms with Crippen molar-refractivity contribution in [3.8, 4) is 0 Å². The third-order valence-electron chi connectivity index (χ3n) is 5.40. The lowest BCUT2D eigenvalue weighted by molar-refractivity contribution is -0.148. The first-order valence-corrected chi connectivity index (χ1v) is 8.61. The molecule has 1 amide bonds. The van der Waals surface area contributed by atoms with Crippen LogP contribution in [-0.2, 0) is 16.0 Å². The smallest absolute Gasteiger partial charge is 0.310 e. The van der Waals surface area contributed by atoms with Crippen LogP contribution in [0.15, 0.2) is 48.8 Å². The molecule has 1 unspecified atom stereocenters. The number of carbonyl (C=O) groups excluding carboxylic acids is 1. The molecule has 2 aliphatic rings. The van der Waals surface area contributed by atoms with Gasteiger partial charge in [-0.3, -0.25) is 14.6 Å². The summed E-state index contributed by atoms with van der Waals surface area (Å²) in [6.45, 7) is 0.602. The van der Waals surface area contributed by atoms with Crippen LogP contribution < -0.4 is 0 Å². The van der Waals surface area contributed by atoms with Gasteiger partial charge in [-0.15, -0.1) is 0 Å². The Bertz CT molecular complexity index is 815. The summed E-state index contributed by atoms with van der Waals surface area (Å²) < 4.78 is 0. The van der Waals surface area contributed by atoms with Gasteiger partial charge in [0.1, 0.15) is 0 Å². The van der Waals surface area contributed by atoms with Crippen LogP contribution >= 0.6 is 0 Å². The Labute approximate surface area is 146 Å². The molecule has 1 N–H and O–H groups in total. The predicted octanol–water partition coefficient (Wildman–Crippen LogP) is 2.81. The third kappa shape index (κ3) is 2.80. The number of pyridine rings is 1. The number of hydrogen-bond donors (Lipinski definition) is 1. The number of fused-ring (bicyclic) bond motifs is 1. The molecule has 4 rings (SSSR count). The van der Waals surface area contributed by atoms with Crippen molar-refractivity contribution in [3.05, 3.63) is 65.5 Å². The van der Waals surface area contributed by atoms with Gasteiger partial charge in [0.2, 0.25) is 5.91 Å². The highest BCUT2D eigenvalue weighted by atomic mass is 16.4. The second kappa shape index (κ2) is 5.99. The molecule has 25 heavy (non-hydrogen) atoms. The minimum Gasteiger partial charge on any atom is -0.481 e. The average molecular weight is 336 g/mol. The van der Waals surface area contributed by atoms with E-state index >= 15 is 0 Å². The highest BCUT2D eigenvalue weighted by Crippen LogP contribution is 2.50. The van der Waals surface area contributed by atoms with Gasteiger partial charge in [-0.25, -0.2) is 0 Å². The zero-order chi connectivity index (χ0) is 17.4. The van der Waals surface area contributed by atoms with E-state index in [-0.39, 0.29) is 18.4 Å². The molecular formula is C20H20N2O3. The lowest BCUT2D eigenvalue weighted by Gasteiger charge is -2.38. The molecule has 128 valence electrons. The van der Waals surface area contributed by atoms with Crippen LogP contribution in [0.4, 0.5) is 0 Å². The molecule has 0 spiro atoms. The molecule has 5 heteroatoms. The number of amides is 1. The minimum absolute atomic E-state index is 0.0803. The van der Waals surface area contributed by atoms with Crippen molar-refractivity contribution in [1.29, 1.82) is 0 Å². The first-order chi connectivity index (χ1) is 12.1. The third-order valence-corrected chi connectivity index (χ3v) is 5.40. The van der Waals surface area contributed by atoms with Gasteiger partial charge in [0.15, 0.2) is 0 Å². The number of carboxylic acid groups (broad SMARTS) is 1. The van der Waals surface area contributed by atoms with Crippen molar-refractivity contribution in [2.75, 3.05) is 6.54 Å². The van der Waals surface area contributed by atoms with Crippen LogP contribution in [0, 0.1) is 5.41 Å². The maximum Gasteiger partial charge on any atom is 0.310 e. The van der Waals surface area contributed by atoms with Gasteiger partial charge in [-0.1, -0.05) is 30.3 Å². The molecule has 1 aromatic carbocycles. The average Bonchev–Trinajstić information content (AvgIpc) is 3.42. The summed E-state index contributed by atoms with van der Waals surface area (Å²) in [4.78, 5) is 30.5. The number of nitrogens with zero attached hydrogens (tertiary/aromatic N) is 2. The van der Waals surface area contributed by atoms with E-state index < -0.39 is 11.4 Å². The lowest BCUT2D eigenvalue weighted by Crippen LogP contribution is -2.42. The SMILES string of the molecule is O=C(CC1(C(=O)O)CC1)N1CCc2ccccc2C1c1cccnc1. The summed E-state index contributed by atoms with van der Waals surface area (Å²) in [5, 5.41) is 9.41. The van der Waals surface area contributed by atoms with E-state index in [4.69, 9.17) is 0 Å². The number of aliphatic carboxylic acids is 1. The van der Waals surface area contributed by atoms with E-state index in [1.807, 2.05) is 29.2 Å². The number of carbonyl (C=O) groups is 2. The van der Waals surface area contributed by atoms with Crippen LogP contribution in [0.2, 0.25) is 0 Å². The van der Waals surface area contributed by atoms with Crippen LogP contribution in [0.1, 0.15) is 42.0 Å². The molecule has 0 saturated heterocycles. The van der Waals surface area contributed by atoms with Crippen molar-refractivity contribution in [2.45, 2.75) is 31.7 Å². The summed E-state index contributed by atoms with van der Waals surface area (Å²) >= 11 is 0. The zero-order valence-electron chi connectivity index (χ0n) is 13.9. The highest BCUT2D eigenvalue weighted by molar-refractivity contribution is 5.87. The molecule has 0 bridgehead atoms. The number of carboxylic acids is 1. The molecule has 1 aromatic heterocycles. The Balaban J connectivity index is 1.69. The first-order valence-electron chi connectivity index (χ1n) is 8.61. The molecular weight excluding hydrogens is 316 g/mol. The van der Waals surface area contributed by atoms with Crippen LogP contribution in [0.3, 0.4) is 0 Å². The quantitative estimate of drug-likeness (QED) is 0.932. The molecule has 0 radical (unpaired) electrons. The summed E-state index contributed by atoms with van der Waals surface area (Å²) in [6, 6.07) is 11.8. The molecule has 1 atom stereocenters. The van der Waals surface area contributed by atoms with E-state index in [2.05, 4.69) is 17.1 Å². The highest BCUT2D eigenvalue weighted by Gasteiger charge is 2.52. The largest absolute Gasteiger partial charge is 0.481 e. The Morgan fingerprint density at radius 2 is 2.00 bits per heavy atom. The Morgan fingerprint density at radius 3 is 2.68 bits per heavy atom. The molecule has 1 aliphatic heterocycles. The number of aromatic nitrogens is 1. The van der Waals surface area contributed by atoms with Crippen LogP contribution in [0.25, 0.3) is 0 Å². The van der Waals surface area contributed by atoms with E-state index in [0.717, 1.165) is 17.5 Å². The molecule has 1 fully saturated rings. The second-order valence-corrected chi connectivity index (χ2v) is 6.99. The van der Waals surface area contributed by atoms with E-state index in [1.54, 1.807) is 12.4 Å².